The van der Waals surface area contributed by atoms with Crippen LogP contribution >= 0.6 is 0 Å². The van der Waals surface area contributed by atoms with Crippen LogP contribution in [-0.2, 0) is 0 Å². The third-order valence-corrected chi connectivity index (χ3v) is 4.65. The van der Waals surface area contributed by atoms with Crippen LogP contribution in [0, 0.1) is 13.8 Å². The number of hydrogen-bond donors (Lipinski definition) is 1. The lowest BCUT2D eigenvalue weighted by atomic mass is 10.1. The van der Waals surface area contributed by atoms with E-state index in [2.05, 4.69) is 20.2 Å². The van der Waals surface area contributed by atoms with Gasteiger partial charge in [0.05, 0.1) is 6.61 Å². The second-order valence-corrected chi connectivity index (χ2v) is 6.68. The van der Waals surface area contributed by atoms with Crippen LogP contribution in [0.4, 0.5) is 10.7 Å². The quantitative estimate of drug-likeness (QED) is 0.792. The second-order valence-electron chi connectivity index (χ2n) is 6.68. The lowest BCUT2D eigenvalue weighted by Gasteiger charge is -2.34. The summed E-state index contributed by atoms with van der Waals surface area (Å²) in [5, 5.41) is 2.98. The van der Waals surface area contributed by atoms with Crippen LogP contribution < -0.4 is 15.0 Å². The van der Waals surface area contributed by atoms with Crippen LogP contribution in [-0.4, -0.2) is 60.2 Å². The third-order valence-electron chi connectivity index (χ3n) is 4.65. The number of rotatable bonds is 6. The van der Waals surface area contributed by atoms with Gasteiger partial charge in [-0.25, -0.2) is 14.8 Å². The number of urea groups is 1. The Hall–Kier alpha value is -2.83. The fourth-order valence-corrected chi connectivity index (χ4v) is 3.14. The highest BCUT2D eigenvalue weighted by Gasteiger charge is 2.22. The number of carbonyl (C=O) groups excluding carboxylic acids is 1. The van der Waals surface area contributed by atoms with Gasteiger partial charge in [-0.05, 0) is 37.5 Å². The standard InChI is InChI=1S/C20H27N5O2/c1-16-6-3-7-17(2)18(16)27-15-5-10-23-20(26)25-13-11-24(12-14-25)19-21-8-4-9-22-19/h3-4,6-9H,5,10-15H2,1-2H3,(H,23,26). The maximum Gasteiger partial charge on any atom is 0.317 e. The van der Waals surface area contributed by atoms with Crippen molar-refractivity contribution >= 4 is 12.0 Å². The van der Waals surface area contributed by atoms with Crippen molar-refractivity contribution in [3.63, 3.8) is 0 Å². The highest BCUT2D eigenvalue weighted by molar-refractivity contribution is 5.74. The maximum atomic E-state index is 12.3. The van der Waals surface area contributed by atoms with E-state index in [0.717, 1.165) is 42.3 Å². The Balaban J connectivity index is 1.34. The number of ether oxygens (including phenoxy) is 1. The van der Waals surface area contributed by atoms with Crippen LogP contribution in [0.25, 0.3) is 0 Å². The number of hydrogen-bond acceptors (Lipinski definition) is 5. The first kappa shape index (κ1) is 18.9. The molecular formula is C20H27N5O2. The molecule has 2 amide bonds. The van der Waals surface area contributed by atoms with Crippen LogP contribution in [0.3, 0.4) is 0 Å². The fraction of sp³-hybridized carbons (Fsp3) is 0.450. The van der Waals surface area contributed by atoms with Crippen molar-refractivity contribution in [2.75, 3.05) is 44.2 Å². The van der Waals surface area contributed by atoms with Gasteiger partial charge in [0.1, 0.15) is 5.75 Å². The van der Waals surface area contributed by atoms with Crippen molar-refractivity contribution in [3.05, 3.63) is 47.8 Å². The predicted molar refractivity (Wildman–Crippen MR) is 105 cm³/mol. The summed E-state index contributed by atoms with van der Waals surface area (Å²) in [4.78, 5) is 24.8. The fourth-order valence-electron chi connectivity index (χ4n) is 3.14. The zero-order chi connectivity index (χ0) is 19.1. The Morgan fingerprint density at radius 1 is 1.07 bits per heavy atom. The molecule has 0 saturated carbocycles. The monoisotopic (exact) mass is 369 g/mol. The highest BCUT2D eigenvalue weighted by atomic mass is 16.5. The van der Waals surface area contributed by atoms with Crippen molar-refractivity contribution in [2.45, 2.75) is 20.3 Å². The van der Waals surface area contributed by atoms with Crippen molar-refractivity contribution in [3.8, 4) is 5.75 Å². The number of nitrogens with zero attached hydrogens (tertiary/aromatic N) is 4. The molecule has 1 fully saturated rings. The van der Waals surface area contributed by atoms with E-state index in [0.29, 0.717) is 26.2 Å². The Morgan fingerprint density at radius 2 is 1.74 bits per heavy atom. The van der Waals surface area contributed by atoms with Gasteiger partial charge in [0.15, 0.2) is 0 Å². The number of amides is 2. The van der Waals surface area contributed by atoms with E-state index >= 15 is 0 Å². The molecule has 27 heavy (non-hydrogen) atoms. The van der Waals surface area contributed by atoms with Crippen molar-refractivity contribution in [1.29, 1.82) is 0 Å². The average molecular weight is 369 g/mol. The molecule has 0 atom stereocenters. The SMILES string of the molecule is Cc1cccc(C)c1OCCCNC(=O)N1CCN(c2ncccn2)CC1. The van der Waals surface area contributed by atoms with E-state index in [1.165, 1.54) is 0 Å². The number of anilines is 1. The molecule has 7 nitrogen and oxygen atoms in total. The van der Waals surface area contributed by atoms with E-state index < -0.39 is 0 Å². The summed E-state index contributed by atoms with van der Waals surface area (Å²) in [6.07, 6.45) is 4.25. The minimum atomic E-state index is -0.0179. The summed E-state index contributed by atoms with van der Waals surface area (Å²) in [6, 6.07) is 7.91. The molecule has 1 aliphatic rings. The molecule has 3 rings (SSSR count). The molecule has 1 aromatic heterocycles. The van der Waals surface area contributed by atoms with Crippen molar-refractivity contribution in [2.24, 2.45) is 0 Å². The molecule has 2 heterocycles. The van der Waals surface area contributed by atoms with Gasteiger partial charge < -0.3 is 19.9 Å². The van der Waals surface area contributed by atoms with Gasteiger partial charge in [0, 0.05) is 45.1 Å². The van der Waals surface area contributed by atoms with E-state index in [4.69, 9.17) is 4.74 Å². The van der Waals surface area contributed by atoms with Crippen LogP contribution in [0.15, 0.2) is 36.7 Å². The van der Waals surface area contributed by atoms with Crippen LogP contribution in [0.5, 0.6) is 5.75 Å². The summed E-state index contributed by atoms with van der Waals surface area (Å²) in [5.41, 5.74) is 2.28. The second kappa shape index (κ2) is 9.21. The first-order chi connectivity index (χ1) is 13.1. The van der Waals surface area contributed by atoms with E-state index in [9.17, 15) is 4.79 Å². The van der Waals surface area contributed by atoms with Gasteiger partial charge >= 0.3 is 6.03 Å². The molecule has 0 bridgehead atoms. The van der Waals surface area contributed by atoms with Crippen molar-refractivity contribution in [1.82, 2.24) is 20.2 Å². The average Bonchev–Trinajstić information content (AvgIpc) is 2.70. The molecule has 144 valence electrons. The number of aryl methyl sites for hydroxylation is 2. The van der Waals surface area contributed by atoms with Crippen molar-refractivity contribution < 1.29 is 9.53 Å². The summed E-state index contributed by atoms with van der Waals surface area (Å²) in [7, 11) is 0. The zero-order valence-electron chi connectivity index (χ0n) is 16.0. The molecule has 0 radical (unpaired) electrons. The normalized spacial score (nSPS) is 14.1. The first-order valence-electron chi connectivity index (χ1n) is 9.39. The number of aromatic nitrogens is 2. The molecule has 1 saturated heterocycles. The molecule has 0 spiro atoms. The Kier molecular flexibility index (Phi) is 6.46. The minimum absolute atomic E-state index is 0.0179. The summed E-state index contributed by atoms with van der Waals surface area (Å²) >= 11 is 0. The van der Waals surface area contributed by atoms with E-state index in [1.807, 2.05) is 36.9 Å². The Morgan fingerprint density at radius 3 is 2.41 bits per heavy atom. The van der Waals surface area contributed by atoms with Gasteiger partial charge in [0.25, 0.3) is 0 Å². The molecular weight excluding hydrogens is 342 g/mol. The molecule has 1 aromatic carbocycles. The lowest BCUT2D eigenvalue weighted by molar-refractivity contribution is 0.193. The first-order valence-corrected chi connectivity index (χ1v) is 9.39. The number of carbonyl (C=O) groups is 1. The minimum Gasteiger partial charge on any atom is -0.493 e. The third kappa shape index (κ3) is 5.09. The summed E-state index contributed by atoms with van der Waals surface area (Å²) in [6.45, 7) is 8.11. The van der Waals surface area contributed by atoms with Gasteiger partial charge in [-0.1, -0.05) is 18.2 Å². The van der Waals surface area contributed by atoms with Gasteiger partial charge in [0.2, 0.25) is 5.95 Å². The van der Waals surface area contributed by atoms with Gasteiger partial charge in [-0.15, -0.1) is 0 Å². The molecule has 2 aromatic rings. The van der Waals surface area contributed by atoms with E-state index in [-0.39, 0.29) is 6.03 Å². The highest BCUT2D eigenvalue weighted by Crippen LogP contribution is 2.22. The zero-order valence-corrected chi connectivity index (χ0v) is 16.0. The lowest BCUT2D eigenvalue weighted by Crippen LogP contribution is -2.52. The topological polar surface area (TPSA) is 70.6 Å². The molecule has 1 N–H and O–H groups in total. The van der Waals surface area contributed by atoms with Gasteiger partial charge in [-0.3, -0.25) is 0 Å². The Labute approximate surface area is 160 Å². The number of nitrogens with one attached hydrogen (secondary N) is 1. The van der Waals surface area contributed by atoms with E-state index in [1.54, 1.807) is 18.5 Å². The van der Waals surface area contributed by atoms with Crippen LogP contribution in [0.2, 0.25) is 0 Å². The number of para-hydroxylation sites is 1. The molecule has 0 unspecified atom stereocenters. The molecule has 0 aliphatic carbocycles. The number of benzene rings is 1. The summed E-state index contributed by atoms with van der Waals surface area (Å²) < 4.78 is 5.87. The maximum absolute atomic E-state index is 12.3. The molecule has 7 heteroatoms. The number of piperazine rings is 1. The van der Waals surface area contributed by atoms with Gasteiger partial charge in [-0.2, -0.15) is 0 Å². The largest absolute Gasteiger partial charge is 0.493 e. The smallest absolute Gasteiger partial charge is 0.317 e. The molecule has 1 aliphatic heterocycles. The Bertz CT molecular complexity index is 725. The predicted octanol–water partition coefficient (Wildman–Crippen LogP) is 2.39. The summed E-state index contributed by atoms with van der Waals surface area (Å²) in [5.74, 6) is 1.67. The van der Waals surface area contributed by atoms with Crippen LogP contribution in [0.1, 0.15) is 17.5 Å².